The van der Waals surface area contributed by atoms with Crippen LogP contribution in [0.2, 0.25) is 0 Å². The monoisotopic (exact) mass is 355 g/mol. The SMILES string of the molecule is CCOC(=O)/C=C1\C[C@]2(c3ccccc3)c3ccccc3S(=O)(=O)N12. The van der Waals surface area contributed by atoms with Crippen LogP contribution in [0.5, 0.6) is 0 Å². The first-order chi connectivity index (χ1) is 12.0. The van der Waals surface area contributed by atoms with Crippen LogP contribution < -0.4 is 0 Å². The Hall–Kier alpha value is -2.60. The van der Waals surface area contributed by atoms with E-state index in [9.17, 15) is 13.2 Å². The molecule has 0 spiro atoms. The Kier molecular flexibility index (Phi) is 3.47. The average Bonchev–Trinajstić information content (AvgIpc) is 2.74. The second kappa shape index (κ2) is 5.46. The lowest BCUT2D eigenvalue weighted by atomic mass is 9.73. The minimum Gasteiger partial charge on any atom is -0.463 e. The molecule has 2 aromatic carbocycles. The number of esters is 1. The van der Waals surface area contributed by atoms with Gasteiger partial charge in [0.2, 0.25) is 0 Å². The van der Waals surface area contributed by atoms with E-state index < -0.39 is 21.5 Å². The maximum Gasteiger partial charge on any atom is 0.332 e. The number of carbonyl (C=O) groups is 1. The van der Waals surface area contributed by atoms with Gasteiger partial charge < -0.3 is 4.74 Å². The largest absolute Gasteiger partial charge is 0.463 e. The normalized spacial score (nSPS) is 24.4. The van der Waals surface area contributed by atoms with Crippen LogP contribution in [0.4, 0.5) is 0 Å². The van der Waals surface area contributed by atoms with Crippen molar-refractivity contribution in [1.82, 2.24) is 4.31 Å². The highest BCUT2D eigenvalue weighted by molar-refractivity contribution is 7.89. The van der Waals surface area contributed by atoms with Gasteiger partial charge in [0.05, 0.1) is 11.5 Å². The fourth-order valence-corrected chi connectivity index (χ4v) is 5.84. The summed E-state index contributed by atoms with van der Waals surface area (Å²) in [5.74, 6) is -0.523. The Bertz CT molecular complexity index is 981. The van der Waals surface area contributed by atoms with Gasteiger partial charge in [0.1, 0.15) is 5.54 Å². The lowest BCUT2D eigenvalue weighted by Crippen LogP contribution is -2.54. The predicted molar refractivity (Wildman–Crippen MR) is 92.0 cm³/mol. The zero-order chi connectivity index (χ0) is 17.7. The van der Waals surface area contributed by atoms with E-state index >= 15 is 0 Å². The molecule has 0 saturated carbocycles. The third kappa shape index (κ3) is 2.07. The van der Waals surface area contributed by atoms with Gasteiger partial charge >= 0.3 is 5.97 Å². The maximum absolute atomic E-state index is 13.1. The highest BCUT2D eigenvalue weighted by Crippen LogP contribution is 2.60. The van der Waals surface area contributed by atoms with Gasteiger partial charge in [0.25, 0.3) is 10.0 Å². The van der Waals surface area contributed by atoms with E-state index in [0.717, 1.165) is 11.1 Å². The average molecular weight is 355 g/mol. The van der Waals surface area contributed by atoms with Gasteiger partial charge in [0, 0.05) is 23.8 Å². The van der Waals surface area contributed by atoms with E-state index in [4.69, 9.17) is 4.74 Å². The maximum atomic E-state index is 13.1. The third-order valence-electron chi connectivity index (χ3n) is 4.72. The molecule has 1 saturated heterocycles. The zero-order valence-corrected chi connectivity index (χ0v) is 14.5. The highest BCUT2D eigenvalue weighted by Gasteiger charge is 2.62. The van der Waals surface area contributed by atoms with Crippen molar-refractivity contribution in [2.45, 2.75) is 23.8 Å². The smallest absolute Gasteiger partial charge is 0.332 e. The Morgan fingerprint density at radius 3 is 2.56 bits per heavy atom. The minimum atomic E-state index is -3.71. The summed E-state index contributed by atoms with van der Waals surface area (Å²) in [5, 5.41) is 0. The van der Waals surface area contributed by atoms with Gasteiger partial charge in [-0.25, -0.2) is 13.2 Å². The van der Waals surface area contributed by atoms with Crippen molar-refractivity contribution >= 4 is 16.0 Å². The molecule has 4 rings (SSSR count). The number of carbonyl (C=O) groups excluding carboxylic acids is 1. The second-order valence-electron chi connectivity index (χ2n) is 6.06. The molecule has 2 aromatic rings. The fraction of sp³-hybridized carbons (Fsp3) is 0.211. The molecule has 25 heavy (non-hydrogen) atoms. The van der Waals surface area contributed by atoms with Crippen LogP contribution in [-0.2, 0) is 25.1 Å². The minimum absolute atomic E-state index is 0.249. The van der Waals surface area contributed by atoms with Gasteiger partial charge in [-0.3, -0.25) is 4.31 Å². The first-order valence-corrected chi connectivity index (χ1v) is 9.53. The Morgan fingerprint density at radius 1 is 1.16 bits per heavy atom. The summed E-state index contributed by atoms with van der Waals surface area (Å²) in [4.78, 5) is 12.1. The zero-order valence-electron chi connectivity index (χ0n) is 13.7. The quantitative estimate of drug-likeness (QED) is 0.627. The third-order valence-corrected chi connectivity index (χ3v) is 6.66. The molecule has 0 bridgehead atoms. The molecule has 0 aliphatic carbocycles. The summed E-state index contributed by atoms with van der Waals surface area (Å²) in [6.07, 6.45) is 1.72. The van der Waals surface area contributed by atoms with E-state index in [1.807, 2.05) is 42.5 Å². The van der Waals surface area contributed by atoms with Gasteiger partial charge in [-0.2, -0.15) is 0 Å². The van der Waals surface area contributed by atoms with Crippen molar-refractivity contribution in [1.29, 1.82) is 0 Å². The number of rotatable bonds is 3. The van der Waals surface area contributed by atoms with Crippen molar-refractivity contribution < 1.29 is 17.9 Å². The second-order valence-corrected chi connectivity index (χ2v) is 7.81. The Balaban J connectivity index is 1.92. The van der Waals surface area contributed by atoms with Crippen molar-refractivity contribution in [2.24, 2.45) is 0 Å². The van der Waals surface area contributed by atoms with E-state index in [1.165, 1.54) is 10.4 Å². The van der Waals surface area contributed by atoms with Crippen LogP contribution >= 0.6 is 0 Å². The number of ether oxygens (including phenoxy) is 1. The number of sulfonamides is 1. The number of hydrogen-bond donors (Lipinski definition) is 0. The van der Waals surface area contributed by atoms with Gasteiger partial charge in [0.15, 0.2) is 0 Å². The summed E-state index contributed by atoms with van der Waals surface area (Å²) in [5.41, 5.74) is 1.32. The molecule has 0 radical (unpaired) electrons. The van der Waals surface area contributed by atoms with E-state index in [-0.39, 0.29) is 6.61 Å². The van der Waals surface area contributed by atoms with Crippen molar-refractivity contribution in [3.8, 4) is 0 Å². The molecule has 0 aromatic heterocycles. The Morgan fingerprint density at radius 2 is 1.84 bits per heavy atom. The molecular formula is C19H17NO4S. The molecule has 128 valence electrons. The molecule has 1 fully saturated rings. The number of fused-ring (bicyclic) bond motifs is 3. The Labute approximate surface area is 146 Å². The lowest BCUT2D eigenvalue weighted by Gasteiger charge is -2.50. The number of nitrogens with zero attached hydrogens (tertiary/aromatic N) is 1. The molecule has 0 N–H and O–H groups in total. The lowest BCUT2D eigenvalue weighted by molar-refractivity contribution is -0.137. The highest BCUT2D eigenvalue weighted by atomic mass is 32.2. The number of benzene rings is 2. The first-order valence-electron chi connectivity index (χ1n) is 8.09. The summed E-state index contributed by atoms with van der Waals surface area (Å²) < 4.78 is 32.5. The van der Waals surface area contributed by atoms with Crippen LogP contribution in [0.25, 0.3) is 0 Å². The first kappa shape index (κ1) is 15.9. The van der Waals surface area contributed by atoms with Crippen LogP contribution in [-0.4, -0.2) is 25.3 Å². The molecule has 6 heteroatoms. The molecule has 2 heterocycles. The van der Waals surface area contributed by atoms with E-state index in [2.05, 4.69) is 0 Å². The summed E-state index contributed by atoms with van der Waals surface area (Å²) >= 11 is 0. The molecular weight excluding hydrogens is 338 g/mol. The molecule has 2 aliphatic heterocycles. The molecule has 0 amide bonds. The van der Waals surface area contributed by atoms with Gasteiger partial charge in [-0.15, -0.1) is 0 Å². The summed E-state index contributed by atoms with van der Waals surface area (Å²) in [7, 11) is -3.71. The summed E-state index contributed by atoms with van der Waals surface area (Å²) in [6.45, 7) is 1.97. The number of hydrogen-bond acceptors (Lipinski definition) is 4. The van der Waals surface area contributed by atoms with Crippen LogP contribution in [0.3, 0.4) is 0 Å². The predicted octanol–water partition coefficient (Wildman–Crippen LogP) is 2.79. The molecule has 1 atom stereocenters. The van der Waals surface area contributed by atoms with E-state index in [0.29, 0.717) is 17.0 Å². The molecule has 5 nitrogen and oxygen atoms in total. The fourth-order valence-electron chi connectivity index (χ4n) is 3.77. The van der Waals surface area contributed by atoms with E-state index in [1.54, 1.807) is 19.1 Å². The van der Waals surface area contributed by atoms with Crippen LogP contribution in [0, 0.1) is 0 Å². The van der Waals surface area contributed by atoms with Crippen molar-refractivity contribution in [2.75, 3.05) is 6.61 Å². The van der Waals surface area contributed by atoms with Gasteiger partial charge in [-0.05, 0) is 18.6 Å². The van der Waals surface area contributed by atoms with Gasteiger partial charge in [-0.1, -0.05) is 48.5 Å². The van der Waals surface area contributed by atoms with Crippen molar-refractivity contribution in [3.05, 3.63) is 77.5 Å². The van der Waals surface area contributed by atoms with Crippen molar-refractivity contribution in [3.63, 3.8) is 0 Å². The summed E-state index contributed by atoms with van der Waals surface area (Å²) in [6, 6.07) is 16.6. The van der Waals surface area contributed by atoms with Crippen LogP contribution in [0.1, 0.15) is 24.5 Å². The topological polar surface area (TPSA) is 63.7 Å². The van der Waals surface area contributed by atoms with Crippen LogP contribution in [0.15, 0.2) is 71.3 Å². The molecule has 2 aliphatic rings. The standard InChI is InChI=1S/C19H17NO4S/c1-2-24-18(21)12-15-13-19(14-8-4-3-5-9-14)16-10-6-7-11-17(16)25(22,23)20(15)19/h3-12H,2,13H2,1H3/b15-12+/t19-/m0/s1. The molecule has 0 unspecified atom stereocenters.